The summed E-state index contributed by atoms with van der Waals surface area (Å²) in [6.45, 7) is 5.02. The molecule has 0 amide bonds. The third-order valence-corrected chi connectivity index (χ3v) is 1.35. The first-order chi connectivity index (χ1) is 6.97. The Labute approximate surface area is 92.1 Å². The monoisotopic (exact) mass is 212 g/mol. The fraction of sp³-hybridized carbons (Fsp3) is 0.800. The lowest BCUT2D eigenvalue weighted by atomic mass is 10.5. The molecule has 0 saturated carbocycles. The molecule has 0 spiro atoms. The quantitative estimate of drug-likeness (QED) is 0.298. The van der Waals surface area contributed by atoms with E-state index in [1.807, 2.05) is 0 Å². The molecule has 0 atom stereocenters. The maximum absolute atomic E-state index is 7.43. The first kappa shape index (κ1) is 16.2. The highest BCUT2D eigenvalue weighted by Gasteiger charge is 2.04. The van der Waals surface area contributed by atoms with Crippen LogP contribution < -0.4 is 0 Å². The summed E-state index contributed by atoms with van der Waals surface area (Å²) in [5.41, 5.74) is 0. The summed E-state index contributed by atoms with van der Waals surface area (Å²) < 4.78 is 6.33. The SMILES string of the molecule is CCCOCC[N+](C)(C)C.N#CN=C=[N-]. The van der Waals surface area contributed by atoms with Crippen molar-refractivity contribution in [2.45, 2.75) is 13.3 Å². The van der Waals surface area contributed by atoms with Gasteiger partial charge in [0, 0.05) is 6.61 Å². The Morgan fingerprint density at radius 1 is 1.33 bits per heavy atom. The van der Waals surface area contributed by atoms with Crippen molar-refractivity contribution in [2.75, 3.05) is 40.9 Å². The van der Waals surface area contributed by atoms with Crippen LogP contribution >= 0.6 is 0 Å². The van der Waals surface area contributed by atoms with Crippen molar-refractivity contribution in [3.8, 4) is 6.19 Å². The number of likely N-dealkylation sites (N-methyl/N-ethyl adjacent to an activating group) is 1. The smallest absolute Gasteiger partial charge is 0.102 e. The fourth-order valence-electron chi connectivity index (χ4n) is 0.607. The zero-order valence-electron chi connectivity index (χ0n) is 10.0. The average molecular weight is 212 g/mol. The summed E-state index contributed by atoms with van der Waals surface area (Å²) in [5, 5.41) is 14.9. The molecule has 0 rings (SSSR count). The van der Waals surface area contributed by atoms with Crippen LogP contribution in [0.3, 0.4) is 0 Å². The zero-order chi connectivity index (χ0) is 12.2. The topological polar surface area (TPSA) is 67.7 Å². The Morgan fingerprint density at radius 3 is 2.20 bits per heavy atom. The van der Waals surface area contributed by atoms with Crippen molar-refractivity contribution in [3.63, 3.8) is 0 Å². The predicted octanol–water partition coefficient (Wildman–Crippen LogP) is 1.33. The summed E-state index contributed by atoms with van der Waals surface area (Å²) in [5.74, 6) is 0. The van der Waals surface area contributed by atoms with E-state index in [0.717, 1.165) is 30.7 Å². The number of aliphatic imine (C=N–C) groups is 1. The molecule has 0 bridgehead atoms. The molecule has 0 radical (unpaired) electrons. The van der Waals surface area contributed by atoms with E-state index in [-0.39, 0.29) is 0 Å². The van der Waals surface area contributed by atoms with E-state index >= 15 is 0 Å². The highest BCUT2D eigenvalue weighted by atomic mass is 16.5. The van der Waals surface area contributed by atoms with Crippen LogP contribution in [0.5, 0.6) is 0 Å². The standard InChI is InChI=1S/C8H20NO.C2N3/c1-5-7-10-8-6-9(2,3)4;3-1-5-2-4/h5-8H2,1-4H3;/q+1;-1. The first-order valence-electron chi connectivity index (χ1n) is 4.84. The van der Waals surface area contributed by atoms with Crippen LogP contribution in [0, 0.1) is 11.5 Å². The fourth-order valence-corrected chi connectivity index (χ4v) is 0.607. The van der Waals surface area contributed by atoms with Crippen molar-refractivity contribution < 1.29 is 9.22 Å². The van der Waals surface area contributed by atoms with Crippen molar-refractivity contribution in [1.82, 2.24) is 0 Å². The Balaban J connectivity index is 0. The summed E-state index contributed by atoms with van der Waals surface area (Å²) in [4.78, 5) is 2.58. The predicted molar refractivity (Wildman–Crippen MR) is 60.4 cm³/mol. The number of hydrogen-bond acceptors (Lipinski definition) is 3. The Hall–Kier alpha value is -1.21. The van der Waals surface area contributed by atoms with Crippen LogP contribution in [0.1, 0.15) is 13.3 Å². The van der Waals surface area contributed by atoms with E-state index in [2.05, 4.69) is 33.1 Å². The van der Waals surface area contributed by atoms with Gasteiger partial charge >= 0.3 is 0 Å². The summed E-state index contributed by atoms with van der Waals surface area (Å²) in [7, 11) is 6.53. The third-order valence-electron chi connectivity index (χ3n) is 1.35. The van der Waals surface area contributed by atoms with Crippen molar-refractivity contribution in [2.24, 2.45) is 4.99 Å². The van der Waals surface area contributed by atoms with Gasteiger partial charge in [-0.25, -0.2) is 0 Å². The minimum atomic E-state index is 0.886. The molecule has 86 valence electrons. The van der Waals surface area contributed by atoms with Gasteiger partial charge in [-0.2, -0.15) is 5.26 Å². The number of quaternary nitrogens is 1. The van der Waals surface area contributed by atoms with Gasteiger partial charge in [-0.15, -0.1) is 6.01 Å². The van der Waals surface area contributed by atoms with E-state index in [0.29, 0.717) is 0 Å². The molecule has 0 aliphatic heterocycles. The highest BCUT2D eigenvalue weighted by Crippen LogP contribution is 1.89. The van der Waals surface area contributed by atoms with E-state index in [1.165, 1.54) is 12.2 Å². The molecule has 0 aromatic rings. The summed E-state index contributed by atoms with van der Waals surface area (Å²) in [6.07, 6.45) is 2.40. The third kappa shape index (κ3) is 24.5. The molecule has 5 nitrogen and oxygen atoms in total. The average Bonchev–Trinajstić information content (AvgIpc) is 2.13. The lowest BCUT2D eigenvalue weighted by Gasteiger charge is -2.23. The van der Waals surface area contributed by atoms with Crippen LogP contribution in [0.15, 0.2) is 4.99 Å². The van der Waals surface area contributed by atoms with Gasteiger partial charge in [0.05, 0.1) is 33.9 Å². The van der Waals surface area contributed by atoms with Crippen LogP contribution in [0.2, 0.25) is 0 Å². The minimum Gasteiger partial charge on any atom is -0.422 e. The van der Waals surface area contributed by atoms with Crippen molar-refractivity contribution in [3.05, 3.63) is 5.41 Å². The lowest BCUT2D eigenvalue weighted by Crippen LogP contribution is -2.37. The maximum atomic E-state index is 7.43. The zero-order valence-corrected chi connectivity index (χ0v) is 10.0. The molecule has 0 N–H and O–H groups in total. The molecule has 5 heteroatoms. The van der Waals surface area contributed by atoms with Crippen molar-refractivity contribution in [1.29, 1.82) is 5.26 Å². The van der Waals surface area contributed by atoms with Gasteiger partial charge < -0.3 is 19.6 Å². The van der Waals surface area contributed by atoms with Crippen LogP contribution in [-0.4, -0.2) is 51.4 Å². The van der Waals surface area contributed by atoms with Gasteiger partial charge in [0.15, 0.2) is 0 Å². The largest absolute Gasteiger partial charge is 0.422 e. The van der Waals surface area contributed by atoms with Gasteiger partial charge in [0.2, 0.25) is 0 Å². The van der Waals surface area contributed by atoms with Gasteiger partial charge in [-0.3, -0.25) is 0 Å². The minimum absolute atomic E-state index is 0.886. The second-order valence-corrected chi connectivity index (χ2v) is 3.94. The molecule has 0 unspecified atom stereocenters. The number of nitrogens with zero attached hydrogens (tertiary/aromatic N) is 4. The van der Waals surface area contributed by atoms with Gasteiger partial charge in [-0.05, 0) is 6.42 Å². The molecule has 0 aromatic heterocycles. The Bertz CT molecular complexity index is 221. The molecular weight excluding hydrogens is 192 g/mol. The van der Waals surface area contributed by atoms with E-state index in [9.17, 15) is 0 Å². The number of hydrogen-bond donors (Lipinski definition) is 0. The van der Waals surface area contributed by atoms with Crippen LogP contribution in [-0.2, 0) is 4.74 Å². The van der Waals surface area contributed by atoms with Gasteiger partial charge in [-0.1, -0.05) is 6.92 Å². The molecular formula is C10H20N4O. The lowest BCUT2D eigenvalue weighted by molar-refractivity contribution is -0.870. The van der Waals surface area contributed by atoms with E-state index in [1.54, 1.807) is 0 Å². The summed E-state index contributed by atoms with van der Waals surface area (Å²) >= 11 is 0. The van der Waals surface area contributed by atoms with Gasteiger partial charge in [0.1, 0.15) is 6.54 Å². The van der Waals surface area contributed by atoms with E-state index < -0.39 is 0 Å². The molecule has 0 aromatic carbocycles. The second kappa shape index (κ2) is 10.9. The summed E-state index contributed by atoms with van der Waals surface area (Å²) in [6, 6.07) is 1.28. The normalized spacial score (nSPS) is 9.27. The van der Waals surface area contributed by atoms with Gasteiger partial charge in [0.25, 0.3) is 0 Å². The molecule has 0 heterocycles. The number of nitriles is 1. The molecule has 0 saturated heterocycles. The van der Waals surface area contributed by atoms with Crippen LogP contribution in [0.4, 0.5) is 0 Å². The Morgan fingerprint density at radius 2 is 1.93 bits per heavy atom. The van der Waals surface area contributed by atoms with E-state index in [4.69, 9.17) is 15.4 Å². The molecule has 15 heavy (non-hydrogen) atoms. The second-order valence-electron chi connectivity index (χ2n) is 3.94. The molecule has 0 aliphatic carbocycles. The van der Waals surface area contributed by atoms with Crippen molar-refractivity contribution >= 4 is 6.01 Å². The van der Waals surface area contributed by atoms with Crippen LogP contribution in [0.25, 0.3) is 5.41 Å². The number of ether oxygens (including phenoxy) is 1. The number of rotatable bonds is 5. The highest BCUT2D eigenvalue weighted by molar-refractivity contribution is 5.46. The maximum Gasteiger partial charge on any atom is 0.102 e. The Kier molecular flexibility index (Phi) is 11.8. The first-order valence-corrected chi connectivity index (χ1v) is 4.84. The molecule has 0 aliphatic rings. The molecule has 0 fully saturated rings.